The Morgan fingerprint density at radius 2 is 1.61 bits per heavy atom. The lowest BCUT2D eigenvalue weighted by Crippen LogP contribution is -2.53. The number of rotatable bonds is 6. The summed E-state index contributed by atoms with van der Waals surface area (Å²) in [5.41, 5.74) is -2.00. The summed E-state index contributed by atoms with van der Waals surface area (Å²) in [7, 11) is 0.946. The number of ether oxygens (including phenoxy) is 2. The monoisotopic (exact) mass is 401 g/mol. The van der Waals surface area contributed by atoms with Crippen molar-refractivity contribution in [3.63, 3.8) is 0 Å². The Kier molecular flexibility index (Phi) is 5.81. The Morgan fingerprint density at radius 1 is 1.11 bits per heavy atom. The van der Waals surface area contributed by atoms with Gasteiger partial charge in [-0.2, -0.15) is 13.2 Å². The molecule has 0 aromatic heterocycles. The van der Waals surface area contributed by atoms with E-state index in [9.17, 15) is 32.3 Å². The quantitative estimate of drug-likeness (QED) is 0.537. The lowest BCUT2D eigenvalue weighted by Gasteiger charge is -2.36. The molecule has 0 bridgehead atoms. The molecule has 0 N–H and O–H groups in total. The molecule has 0 saturated carbocycles. The van der Waals surface area contributed by atoms with Gasteiger partial charge in [-0.05, 0) is 19.1 Å². The summed E-state index contributed by atoms with van der Waals surface area (Å²) in [6.45, 7) is 1.20. The Hall–Kier alpha value is -2.91. The van der Waals surface area contributed by atoms with E-state index in [-0.39, 0.29) is 11.1 Å². The number of nitrogens with zero attached hydrogens (tertiary/aromatic N) is 1. The molecule has 0 saturated heterocycles. The van der Waals surface area contributed by atoms with Crippen LogP contribution in [0.4, 0.5) is 13.2 Å². The second-order valence-corrected chi connectivity index (χ2v) is 6.57. The SMILES string of the molecule is COC(=O)[C@](C)(CN1C(=O)c2ccccc2C1=O)[C@@H](CC(F)(F)F)OC(C)=O. The molecule has 1 aliphatic rings. The van der Waals surface area contributed by atoms with Gasteiger partial charge in [0, 0.05) is 13.5 Å². The molecule has 1 heterocycles. The van der Waals surface area contributed by atoms with Crippen molar-refractivity contribution in [3.05, 3.63) is 35.4 Å². The Morgan fingerprint density at radius 3 is 2.00 bits per heavy atom. The maximum atomic E-state index is 13.0. The van der Waals surface area contributed by atoms with Crippen molar-refractivity contribution in [2.45, 2.75) is 32.5 Å². The van der Waals surface area contributed by atoms with E-state index >= 15 is 0 Å². The third-order valence-corrected chi connectivity index (χ3v) is 4.45. The number of fused-ring (bicyclic) bond motifs is 1. The van der Waals surface area contributed by atoms with E-state index in [1.165, 1.54) is 24.3 Å². The van der Waals surface area contributed by atoms with Gasteiger partial charge in [0.05, 0.1) is 24.7 Å². The number of carbonyl (C=O) groups is 4. The first-order valence-electron chi connectivity index (χ1n) is 8.18. The summed E-state index contributed by atoms with van der Waals surface area (Å²) >= 11 is 0. The normalized spacial score (nSPS) is 17.0. The van der Waals surface area contributed by atoms with E-state index in [0.717, 1.165) is 21.0 Å². The first kappa shape index (κ1) is 21.4. The number of alkyl halides is 3. The number of carbonyl (C=O) groups excluding carboxylic acids is 4. The van der Waals surface area contributed by atoms with Crippen LogP contribution < -0.4 is 0 Å². The molecule has 7 nitrogen and oxygen atoms in total. The van der Waals surface area contributed by atoms with Crippen LogP contribution in [0.25, 0.3) is 0 Å². The minimum atomic E-state index is -4.78. The highest BCUT2D eigenvalue weighted by molar-refractivity contribution is 6.21. The highest BCUT2D eigenvalue weighted by atomic mass is 19.4. The number of halogens is 3. The van der Waals surface area contributed by atoms with Crippen LogP contribution in [0.5, 0.6) is 0 Å². The lowest BCUT2D eigenvalue weighted by molar-refractivity contribution is -0.193. The maximum absolute atomic E-state index is 13.0. The molecule has 0 spiro atoms. The number of imide groups is 1. The van der Waals surface area contributed by atoms with Crippen molar-refractivity contribution in [2.24, 2.45) is 5.41 Å². The maximum Gasteiger partial charge on any atom is 0.392 e. The predicted molar refractivity (Wildman–Crippen MR) is 88.2 cm³/mol. The van der Waals surface area contributed by atoms with Crippen molar-refractivity contribution >= 4 is 23.8 Å². The fourth-order valence-electron chi connectivity index (χ4n) is 3.05. The summed E-state index contributed by atoms with van der Waals surface area (Å²) in [5, 5.41) is 0. The molecular formula is C18H18F3NO6. The van der Waals surface area contributed by atoms with Gasteiger partial charge >= 0.3 is 18.1 Å². The summed E-state index contributed by atoms with van der Waals surface area (Å²) in [4.78, 5) is 49.5. The van der Waals surface area contributed by atoms with Gasteiger partial charge in [-0.1, -0.05) is 12.1 Å². The van der Waals surface area contributed by atoms with Crippen LogP contribution in [0.2, 0.25) is 0 Å². The van der Waals surface area contributed by atoms with E-state index < -0.39 is 54.4 Å². The molecule has 0 unspecified atom stereocenters. The Labute approximate surface area is 158 Å². The molecule has 2 atom stereocenters. The predicted octanol–water partition coefficient (Wildman–Crippen LogP) is 2.35. The zero-order valence-corrected chi connectivity index (χ0v) is 15.3. The number of methoxy groups -OCH3 is 1. The van der Waals surface area contributed by atoms with E-state index in [1.54, 1.807) is 0 Å². The largest absolute Gasteiger partial charge is 0.468 e. The van der Waals surface area contributed by atoms with Crippen LogP contribution in [0, 0.1) is 5.41 Å². The fourth-order valence-corrected chi connectivity index (χ4v) is 3.05. The first-order chi connectivity index (χ1) is 12.9. The molecule has 0 radical (unpaired) electrons. The molecule has 28 heavy (non-hydrogen) atoms. The average molecular weight is 401 g/mol. The smallest absolute Gasteiger partial charge is 0.392 e. The molecule has 0 aliphatic carbocycles. The van der Waals surface area contributed by atoms with Crippen molar-refractivity contribution in [2.75, 3.05) is 13.7 Å². The van der Waals surface area contributed by atoms with Gasteiger partial charge in [0.15, 0.2) is 0 Å². The third-order valence-electron chi connectivity index (χ3n) is 4.45. The van der Waals surface area contributed by atoms with Crippen LogP contribution in [0.1, 0.15) is 41.0 Å². The zero-order chi connectivity index (χ0) is 21.3. The molecule has 1 aliphatic heterocycles. The van der Waals surface area contributed by atoms with Crippen molar-refractivity contribution in [3.8, 4) is 0 Å². The van der Waals surface area contributed by atoms with E-state index in [4.69, 9.17) is 4.74 Å². The molecule has 0 fully saturated rings. The van der Waals surface area contributed by atoms with Gasteiger partial charge in [0.25, 0.3) is 11.8 Å². The van der Waals surface area contributed by atoms with Gasteiger partial charge < -0.3 is 9.47 Å². The lowest BCUT2D eigenvalue weighted by atomic mass is 9.81. The molecular weight excluding hydrogens is 383 g/mol. The minimum Gasteiger partial charge on any atom is -0.468 e. The second-order valence-electron chi connectivity index (χ2n) is 6.57. The minimum absolute atomic E-state index is 0.0690. The summed E-state index contributed by atoms with van der Waals surface area (Å²) in [6.07, 6.45) is -8.43. The van der Waals surface area contributed by atoms with Gasteiger partial charge in [0.2, 0.25) is 0 Å². The highest BCUT2D eigenvalue weighted by Gasteiger charge is 2.53. The van der Waals surface area contributed by atoms with Crippen molar-refractivity contribution in [1.82, 2.24) is 4.90 Å². The van der Waals surface area contributed by atoms with Gasteiger partial charge in [-0.3, -0.25) is 24.1 Å². The van der Waals surface area contributed by atoms with Gasteiger partial charge in [0.1, 0.15) is 11.5 Å². The van der Waals surface area contributed by atoms with Gasteiger partial charge in [-0.25, -0.2) is 0 Å². The zero-order valence-electron chi connectivity index (χ0n) is 15.3. The van der Waals surface area contributed by atoms with E-state index in [0.29, 0.717) is 4.90 Å². The molecule has 1 aromatic carbocycles. The average Bonchev–Trinajstić information content (AvgIpc) is 2.84. The summed E-state index contributed by atoms with van der Waals surface area (Å²) < 4.78 is 48.5. The molecule has 152 valence electrons. The number of amides is 2. The molecule has 2 rings (SSSR count). The molecule has 1 aromatic rings. The number of esters is 2. The van der Waals surface area contributed by atoms with Crippen LogP contribution in [-0.2, 0) is 19.1 Å². The van der Waals surface area contributed by atoms with Crippen molar-refractivity contribution < 1.29 is 41.8 Å². The Balaban J connectivity index is 2.44. The Bertz CT molecular complexity index is 787. The number of benzene rings is 1. The fraction of sp³-hybridized carbons (Fsp3) is 0.444. The summed E-state index contributed by atoms with van der Waals surface area (Å²) in [5.74, 6) is -3.72. The van der Waals surface area contributed by atoms with Crippen LogP contribution in [0.3, 0.4) is 0 Å². The van der Waals surface area contributed by atoms with Crippen LogP contribution in [-0.4, -0.2) is 54.6 Å². The first-order valence-corrected chi connectivity index (χ1v) is 8.18. The van der Waals surface area contributed by atoms with Crippen LogP contribution >= 0.6 is 0 Å². The van der Waals surface area contributed by atoms with Crippen LogP contribution in [0.15, 0.2) is 24.3 Å². The van der Waals surface area contributed by atoms with Crippen molar-refractivity contribution in [1.29, 1.82) is 0 Å². The number of hydrogen-bond donors (Lipinski definition) is 0. The standard InChI is InChI=1S/C18H18F3NO6/c1-10(23)28-13(8-18(19,20)21)17(2,16(26)27-3)9-22-14(24)11-6-4-5-7-12(11)15(22)25/h4-7,13H,8-9H2,1-3H3/t13-,17-/m1/s1. The van der Waals surface area contributed by atoms with E-state index in [1.807, 2.05) is 0 Å². The van der Waals surface area contributed by atoms with E-state index in [2.05, 4.69) is 4.74 Å². The highest BCUT2D eigenvalue weighted by Crippen LogP contribution is 2.37. The van der Waals surface area contributed by atoms with Gasteiger partial charge in [-0.15, -0.1) is 0 Å². The third kappa shape index (κ3) is 4.15. The molecule has 10 heteroatoms. The molecule has 2 amide bonds. The second kappa shape index (κ2) is 7.61. The number of hydrogen-bond acceptors (Lipinski definition) is 6. The summed E-state index contributed by atoms with van der Waals surface area (Å²) in [6, 6.07) is 5.84. The topological polar surface area (TPSA) is 90.0 Å².